The van der Waals surface area contributed by atoms with Crippen molar-refractivity contribution < 1.29 is 19.0 Å². The molecule has 0 spiro atoms. The Hall–Kier alpha value is -3.35. The highest BCUT2D eigenvalue weighted by Gasteiger charge is 2.14. The molecule has 0 saturated heterocycles. The number of aromatic nitrogens is 2. The van der Waals surface area contributed by atoms with Crippen molar-refractivity contribution >= 4 is 6.09 Å². The van der Waals surface area contributed by atoms with E-state index in [1.165, 1.54) is 18.7 Å². The number of hydrogen-bond acceptors (Lipinski definition) is 3. The predicted molar refractivity (Wildman–Crippen MR) is 102 cm³/mol. The van der Waals surface area contributed by atoms with Crippen LogP contribution in [0.25, 0.3) is 16.9 Å². The van der Waals surface area contributed by atoms with Crippen molar-refractivity contribution in [2.45, 2.75) is 19.4 Å². The van der Waals surface area contributed by atoms with E-state index in [0.29, 0.717) is 11.3 Å². The normalized spacial score (nSPS) is 12.9. The molecule has 0 bridgehead atoms. The maximum Gasteiger partial charge on any atom is 0.407 e. The summed E-state index contributed by atoms with van der Waals surface area (Å²) in [6.45, 7) is 0.721. The summed E-state index contributed by atoms with van der Waals surface area (Å²) in [4.78, 5) is 12.0. The Labute approximate surface area is 161 Å². The van der Waals surface area contributed by atoms with E-state index >= 15 is 0 Å². The summed E-state index contributed by atoms with van der Waals surface area (Å²) in [5.74, 6) is 0.485. The summed E-state index contributed by atoms with van der Waals surface area (Å²) >= 11 is 0. The van der Waals surface area contributed by atoms with Crippen molar-refractivity contribution in [3.05, 3.63) is 65.6 Å². The Morgan fingerprint density at radius 1 is 1.29 bits per heavy atom. The Kier molecular flexibility index (Phi) is 4.73. The standard InChI is InChI=1S/C21H20FN3O3/c1-24(21(26)27)13-16-12-17(5-6-18(16)22)25-9-8-19(23-25)14-4-7-20-15(11-14)3-2-10-28-20/h4-9,11-12H,2-3,10,13H2,1H3,(H,26,27). The fourth-order valence-electron chi connectivity index (χ4n) is 3.29. The third kappa shape index (κ3) is 3.55. The average Bonchev–Trinajstić information content (AvgIpc) is 3.19. The van der Waals surface area contributed by atoms with Crippen molar-refractivity contribution in [2.24, 2.45) is 0 Å². The van der Waals surface area contributed by atoms with Gasteiger partial charge in [-0.15, -0.1) is 0 Å². The van der Waals surface area contributed by atoms with Gasteiger partial charge in [0.1, 0.15) is 11.6 Å². The number of nitrogens with zero attached hydrogens (tertiary/aromatic N) is 3. The van der Waals surface area contributed by atoms with E-state index in [-0.39, 0.29) is 6.54 Å². The van der Waals surface area contributed by atoms with E-state index < -0.39 is 11.9 Å². The van der Waals surface area contributed by atoms with Gasteiger partial charge in [0.25, 0.3) is 0 Å². The van der Waals surface area contributed by atoms with Gasteiger partial charge >= 0.3 is 6.09 Å². The van der Waals surface area contributed by atoms with E-state index in [1.54, 1.807) is 16.8 Å². The summed E-state index contributed by atoms with van der Waals surface area (Å²) in [5.41, 5.74) is 3.95. The maximum absolute atomic E-state index is 14.1. The summed E-state index contributed by atoms with van der Waals surface area (Å²) in [6.07, 6.45) is 2.70. The number of rotatable bonds is 4. The smallest absolute Gasteiger partial charge is 0.407 e. The number of aryl methyl sites for hydroxylation is 1. The van der Waals surface area contributed by atoms with Crippen LogP contribution in [0.5, 0.6) is 5.75 Å². The van der Waals surface area contributed by atoms with Crippen molar-refractivity contribution in [3.63, 3.8) is 0 Å². The van der Waals surface area contributed by atoms with E-state index in [4.69, 9.17) is 9.84 Å². The highest BCUT2D eigenvalue weighted by Crippen LogP contribution is 2.29. The molecule has 1 amide bonds. The van der Waals surface area contributed by atoms with Crippen molar-refractivity contribution in [1.29, 1.82) is 0 Å². The van der Waals surface area contributed by atoms with Crippen LogP contribution < -0.4 is 4.74 Å². The van der Waals surface area contributed by atoms with Crippen LogP contribution in [-0.4, -0.2) is 39.5 Å². The number of fused-ring (bicyclic) bond motifs is 1. The summed E-state index contributed by atoms with van der Waals surface area (Å²) < 4.78 is 21.4. The number of benzene rings is 2. The average molecular weight is 381 g/mol. The number of amides is 1. The van der Waals surface area contributed by atoms with Gasteiger partial charge in [0.15, 0.2) is 0 Å². The minimum Gasteiger partial charge on any atom is -0.493 e. The quantitative estimate of drug-likeness (QED) is 0.738. The molecule has 0 aliphatic carbocycles. The molecule has 1 aromatic heterocycles. The lowest BCUT2D eigenvalue weighted by atomic mass is 10.0. The highest BCUT2D eigenvalue weighted by atomic mass is 19.1. The Morgan fingerprint density at radius 3 is 2.96 bits per heavy atom. The zero-order chi connectivity index (χ0) is 19.7. The van der Waals surface area contributed by atoms with Crippen molar-refractivity contribution in [2.75, 3.05) is 13.7 Å². The third-order valence-electron chi connectivity index (χ3n) is 4.82. The highest BCUT2D eigenvalue weighted by molar-refractivity contribution is 5.64. The molecule has 144 valence electrons. The molecule has 2 aromatic carbocycles. The lowest BCUT2D eigenvalue weighted by Crippen LogP contribution is -2.24. The van der Waals surface area contributed by atoms with Crippen molar-refractivity contribution in [3.8, 4) is 22.7 Å². The molecule has 3 aromatic rings. The van der Waals surface area contributed by atoms with Crippen LogP contribution in [-0.2, 0) is 13.0 Å². The van der Waals surface area contributed by atoms with Crippen LogP contribution >= 0.6 is 0 Å². The second-order valence-electron chi connectivity index (χ2n) is 6.83. The molecular formula is C21H20FN3O3. The van der Waals surface area contributed by atoms with E-state index in [0.717, 1.165) is 41.4 Å². The Morgan fingerprint density at radius 2 is 2.14 bits per heavy atom. The molecule has 0 unspecified atom stereocenters. The van der Waals surface area contributed by atoms with Gasteiger partial charge in [-0.3, -0.25) is 0 Å². The molecule has 6 nitrogen and oxygen atoms in total. The molecular weight excluding hydrogens is 361 g/mol. The number of halogens is 1. The second-order valence-corrected chi connectivity index (χ2v) is 6.83. The fraction of sp³-hybridized carbons (Fsp3) is 0.238. The van der Waals surface area contributed by atoms with Crippen LogP contribution in [0.15, 0.2) is 48.7 Å². The van der Waals surface area contributed by atoms with Crippen LogP contribution in [0.1, 0.15) is 17.5 Å². The third-order valence-corrected chi connectivity index (χ3v) is 4.82. The number of ether oxygens (including phenoxy) is 1. The minimum absolute atomic E-state index is 0.0338. The molecule has 1 aliphatic heterocycles. The van der Waals surface area contributed by atoms with Gasteiger partial charge < -0.3 is 14.7 Å². The molecule has 7 heteroatoms. The molecule has 0 radical (unpaired) electrons. The second kappa shape index (κ2) is 7.34. The minimum atomic E-state index is -1.11. The van der Waals surface area contributed by atoms with Gasteiger partial charge in [0, 0.05) is 24.4 Å². The summed E-state index contributed by atoms with van der Waals surface area (Å²) in [5, 5.41) is 13.6. The molecule has 1 aliphatic rings. The predicted octanol–water partition coefficient (Wildman–Crippen LogP) is 4.11. The van der Waals surface area contributed by atoms with Gasteiger partial charge in [-0.25, -0.2) is 13.9 Å². The Bertz CT molecular complexity index is 1030. The molecule has 0 fully saturated rings. The van der Waals surface area contributed by atoms with E-state index in [1.807, 2.05) is 24.4 Å². The molecule has 0 atom stereocenters. The first kappa shape index (κ1) is 18.0. The molecule has 1 N–H and O–H groups in total. The molecule has 4 rings (SSSR count). The van der Waals surface area contributed by atoms with E-state index in [2.05, 4.69) is 11.2 Å². The topological polar surface area (TPSA) is 67.6 Å². The van der Waals surface area contributed by atoms with Crippen molar-refractivity contribution in [1.82, 2.24) is 14.7 Å². The van der Waals surface area contributed by atoms with Gasteiger partial charge in [0.2, 0.25) is 0 Å². The monoisotopic (exact) mass is 381 g/mol. The van der Waals surface area contributed by atoms with Crippen LogP contribution in [0, 0.1) is 5.82 Å². The SMILES string of the molecule is CN(Cc1cc(-n2ccc(-c3ccc4c(c3)CCCO4)n2)ccc1F)C(=O)O. The molecule has 28 heavy (non-hydrogen) atoms. The summed E-state index contributed by atoms with van der Waals surface area (Å²) in [7, 11) is 1.40. The van der Waals surface area contributed by atoms with Crippen LogP contribution in [0.4, 0.5) is 9.18 Å². The number of carboxylic acid groups (broad SMARTS) is 1. The lowest BCUT2D eigenvalue weighted by Gasteiger charge is -2.17. The lowest BCUT2D eigenvalue weighted by molar-refractivity contribution is 0.153. The Balaban J connectivity index is 1.62. The number of hydrogen-bond donors (Lipinski definition) is 1. The van der Waals surface area contributed by atoms with Gasteiger partial charge in [-0.1, -0.05) is 0 Å². The zero-order valence-corrected chi connectivity index (χ0v) is 15.4. The fourth-order valence-corrected chi connectivity index (χ4v) is 3.29. The molecule has 2 heterocycles. The maximum atomic E-state index is 14.1. The zero-order valence-electron chi connectivity index (χ0n) is 15.4. The van der Waals surface area contributed by atoms with Crippen LogP contribution in [0.3, 0.4) is 0 Å². The molecule has 0 saturated carbocycles. The van der Waals surface area contributed by atoms with Gasteiger partial charge in [-0.2, -0.15) is 5.10 Å². The first-order chi connectivity index (χ1) is 13.5. The van der Waals surface area contributed by atoms with Crippen LogP contribution in [0.2, 0.25) is 0 Å². The first-order valence-electron chi connectivity index (χ1n) is 9.06. The first-order valence-corrected chi connectivity index (χ1v) is 9.06. The van der Waals surface area contributed by atoms with E-state index in [9.17, 15) is 9.18 Å². The number of carbonyl (C=O) groups is 1. The largest absolute Gasteiger partial charge is 0.493 e. The van der Waals surface area contributed by atoms with Gasteiger partial charge in [0.05, 0.1) is 24.5 Å². The van der Waals surface area contributed by atoms with Gasteiger partial charge in [-0.05, 0) is 60.9 Å². The summed E-state index contributed by atoms with van der Waals surface area (Å²) in [6, 6.07) is 12.5.